The van der Waals surface area contributed by atoms with Crippen molar-refractivity contribution in [3.05, 3.63) is 11.8 Å². The fourth-order valence-electron chi connectivity index (χ4n) is 2.84. The van der Waals surface area contributed by atoms with Crippen LogP contribution in [0.4, 0.5) is 0 Å². The minimum Gasteiger partial charge on any atom is -0.343 e. The van der Waals surface area contributed by atoms with Crippen molar-refractivity contribution in [3.8, 4) is 0 Å². The fraction of sp³-hybridized carbons (Fsp3) is 0.733. The Morgan fingerprint density at radius 3 is 2.32 bits per heavy atom. The molecule has 2 rings (SSSR count). The molecule has 4 nitrogen and oxygen atoms in total. The van der Waals surface area contributed by atoms with Crippen LogP contribution < -0.4 is 0 Å². The van der Waals surface area contributed by atoms with Gasteiger partial charge in [-0.15, -0.1) is 0 Å². The molecule has 1 aliphatic heterocycles. The summed E-state index contributed by atoms with van der Waals surface area (Å²) in [6.45, 7) is 6.44. The summed E-state index contributed by atoms with van der Waals surface area (Å²) in [7, 11) is 3.64. The number of aliphatic imine (C=N–C) groups is 1. The van der Waals surface area contributed by atoms with E-state index in [2.05, 4.69) is 9.89 Å². The maximum atomic E-state index is 12.0. The largest absolute Gasteiger partial charge is 0.343 e. The molecule has 0 radical (unpaired) electrons. The van der Waals surface area contributed by atoms with Gasteiger partial charge in [-0.1, -0.05) is 32.8 Å². The number of likely N-dealkylation sites (N-methyl/N-ethyl adjacent to an activating group) is 1. The number of nitrogens with zero attached hydrogens (tertiary/aromatic N) is 3. The molecule has 0 aromatic heterocycles. The second-order valence-electron chi connectivity index (χ2n) is 4.74. The topological polar surface area (TPSA) is 35.9 Å². The summed E-state index contributed by atoms with van der Waals surface area (Å²) in [4.78, 5) is 20.3. The summed E-state index contributed by atoms with van der Waals surface area (Å²) in [5.41, 5.74) is 0.940. The Bertz CT molecular complexity index is 368. The van der Waals surface area contributed by atoms with Crippen molar-refractivity contribution < 1.29 is 4.79 Å². The van der Waals surface area contributed by atoms with E-state index in [9.17, 15) is 4.79 Å². The van der Waals surface area contributed by atoms with Gasteiger partial charge in [0.15, 0.2) is 0 Å². The van der Waals surface area contributed by atoms with Crippen LogP contribution in [0.3, 0.4) is 0 Å². The van der Waals surface area contributed by atoms with Gasteiger partial charge in [0.2, 0.25) is 5.91 Å². The summed E-state index contributed by atoms with van der Waals surface area (Å²) in [6, 6.07) is 0.501. The maximum absolute atomic E-state index is 12.0. The molecule has 19 heavy (non-hydrogen) atoms. The molecule has 4 heteroatoms. The van der Waals surface area contributed by atoms with Crippen molar-refractivity contribution in [1.29, 1.82) is 0 Å². The van der Waals surface area contributed by atoms with Crippen molar-refractivity contribution in [3.63, 3.8) is 0 Å². The lowest BCUT2D eigenvalue weighted by molar-refractivity contribution is -0.129. The summed E-state index contributed by atoms with van der Waals surface area (Å²) in [5, 5.41) is 0. The Hall–Kier alpha value is -1.32. The van der Waals surface area contributed by atoms with Gasteiger partial charge < -0.3 is 9.80 Å². The van der Waals surface area contributed by atoms with Crippen LogP contribution in [-0.4, -0.2) is 48.2 Å². The van der Waals surface area contributed by atoms with E-state index in [0.717, 1.165) is 11.5 Å². The van der Waals surface area contributed by atoms with Crippen LogP contribution in [0.25, 0.3) is 0 Å². The van der Waals surface area contributed by atoms with Crippen molar-refractivity contribution in [2.75, 3.05) is 20.6 Å². The standard InChI is InChI=1S/C13H21N3O.C2H6/c1-4-11-13(14-2)16(9-12(17)15(11)3)10-7-5-6-8-10;1-2/h4,10H,5-9H2,1-3H3;1-2H3/b11-4+,14-13?;. The van der Waals surface area contributed by atoms with Crippen molar-refractivity contribution in [2.24, 2.45) is 4.99 Å². The van der Waals surface area contributed by atoms with E-state index in [4.69, 9.17) is 0 Å². The number of amidine groups is 1. The molecular formula is C15H27N3O. The van der Waals surface area contributed by atoms with Crippen molar-refractivity contribution in [1.82, 2.24) is 9.80 Å². The van der Waals surface area contributed by atoms with Crippen LogP contribution in [0.5, 0.6) is 0 Å². The maximum Gasteiger partial charge on any atom is 0.246 e. The summed E-state index contributed by atoms with van der Waals surface area (Å²) in [5.74, 6) is 1.14. The number of piperazine rings is 1. The predicted octanol–water partition coefficient (Wildman–Crippen LogP) is 2.66. The third-order valence-electron chi connectivity index (χ3n) is 3.79. The molecule has 1 saturated carbocycles. The number of hydrogen-bond acceptors (Lipinski definition) is 2. The first-order valence-corrected chi connectivity index (χ1v) is 7.35. The molecule has 0 unspecified atom stereocenters. The summed E-state index contributed by atoms with van der Waals surface area (Å²) in [6.07, 6.45) is 6.89. The minimum absolute atomic E-state index is 0.164. The minimum atomic E-state index is 0.164. The lowest BCUT2D eigenvalue weighted by atomic mass is 10.1. The predicted molar refractivity (Wildman–Crippen MR) is 80.2 cm³/mol. The van der Waals surface area contributed by atoms with Crippen LogP contribution in [0.2, 0.25) is 0 Å². The molecule has 2 fully saturated rings. The second kappa shape index (κ2) is 7.31. The van der Waals surface area contributed by atoms with Crippen LogP contribution in [0.15, 0.2) is 16.8 Å². The van der Waals surface area contributed by atoms with Crippen molar-refractivity contribution >= 4 is 11.7 Å². The van der Waals surface area contributed by atoms with Gasteiger partial charge in [-0.05, 0) is 19.8 Å². The van der Waals surface area contributed by atoms with Gasteiger partial charge in [0.25, 0.3) is 0 Å². The summed E-state index contributed by atoms with van der Waals surface area (Å²) < 4.78 is 0. The molecule has 1 saturated heterocycles. The molecule has 0 atom stereocenters. The van der Waals surface area contributed by atoms with E-state index < -0.39 is 0 Å². The smallest absolute Gasteiger partial charge is 0.246 e. The number of amides is 1. The normalized spacial score (nSPS) is 25.0. The average molecular weight is 265 g/mol. The number of allylic oxidation sites excluding steroid dienone is 1. The molecule has 1 heterocycles. The number of hydrogen-bond donors (Lipinski definition) is 0. The van der Waals surface area contributed by atoms with E-state index >= 15 is 0 Å². The second-order valence-corrected chi connectivity index (χ2v) is 4.74. The van der Waals surface area contributed by atoms with Gasteiger partial charge in [-0.2, -0.15) is 0 Å². The SMILES string of the molecule is C/C=C1\C(=NC)N(C2CCCC2)CC(=O)N1C.CC. The first-order valence-electron chi connectivity index (χ1n) is 7.35. The first kappa shape index (κ1) is 15.7. The van der Waals surface area contributed by atoms with E-state index in [0.29, 0.717) is 12.6 Å². The monoisotopic (exact) mass is 265 g/mol. The number of rotatable bonds is 1. The van der Waals surface area contributed by atoms with Gasteiger partial charge in [0, 0.05) is 20.1 Å². The molecule has 1 amide bonds. The molecular weight excluding hydrogens is 238 g/mol. The third-order valence-corrected chi connectivity index (χ3v) is 3.79. The molecule has 0 bridgehead atoms. The van der Waals surface area contributed by atoms with Crippen molar-refractivity contribution in [2.45, 2.75) is 52.5 Å². The van der Waals surface area contributed by atoms with E-state index in [-0.39, 0.29) is 5.91 Å². The van der Waals surface area contributed by atoms with Crippen LogP contribution in [-0.2, 0) is 4.79 Å². The molecule has 0 aromatic carbocycles. The van der Waals surface area contributed by atoms with E-state index in [1.807, 2.05) is 40.9 Å². The van der Waals surface area contributed by atoms with E-state index in [1.165, 1.54) is 25.7 Å². The Morgan fingerprint density at radius 2 is 1.84 bits per heavy atom. The molecule has 0 N–H and O–H groups in total. The Balaban J connectivity index is 0.000000861. The fourth-order valence-corrected chi connectivity index (χ4v) is 2.84. The highest BCUT2D eigenvalue weighted by atomic mass is 16.2. The molecule has 1 aliphatic carbocycles. The highest BCUT2D eigenvalue weighted by molar-refractivity contribution is 6.06. The van der Waals surface area contributed by atoms with E-state index in [1.54, 1.807) is 4.90 Å². The van der Waals surface area contributed by atoms with Gasteiger partial charge >= 0.3 is 0 Å². The van der Waals surface area contributed by atoms with Gasteiger partial charge in [-0.3, -0.25) is 9.79 Å². The zero-order valence-corrected chi connectivity index (χ0v) is 12.9. The summed E-state index contributed by atoms with van der Waals surface area (Å²) >= 11 is 0. The number of carbonyl (C=O) groups is 1. The number of carbonyl (C=O) groups excluding carboxylic acids is 1. The Labute approximate surface area is 117 Å². The zero-order chi connectivity index (χ0) is 14.4. The highest BCUT2D eigenvalue weighted by Crippen LogP contribution is 2.27. The van der Waals surface area contributed by atoms with Gasteiger partial charge in [-0.25, -0.2) is 0 Å². The zero-order valence-electron chi connectivity index (χ0n) is 12.9. The Kier molecular flexibility index (Phi) is 6.06. The van der Waals surface area contributed by atoms with Gasteiger partial charge in [0.1, 0.15) is 5.84 Å². The third kappa shape index (κ3) is 3.17. The quantitative estimate of drug-likeness (QED) is 0.730. The molecule has 0 aromatic rings. The van der Waals surface area contributed by atoms with Gasteiger partial charge in [0.05, 0.1) is 12.2 Å². The van der Waals surface area contributed by atoms with Crippen LogP contribution in [0, 0.1) is 0 Å². The molecule has 2 aliphatic rings. The Morgan fingerprint density at radius 1 is 1.26 bits per heavy atom. The molecule has 0 spiro atoms. The molecule has 108 valence electrons. The first-order chi connectivity index (χ1) is 9.19. The lowest BCUT2D eigenvalue weighted by Gasteiger charge is -2.40. The highest BCUT2D eigenvalue weighted by Gasteiger charge is 2.35. The average Bonchev–Trinajstić information content (AvgIpc) is 2.97. The lowest BCUT2D eigenvalue weighted by Crippen LogP contribution is -2.53. The van der Waals surface area contributed by atoms with Crippen LogP contribution in [0.1, 0.15) is 46.5 Å². The van der Waals surface area contributed by atoms with Crippen LogP contribution >= 0.6 is 0 Å².